The van der Waals surface area contributed by atoms with Crippen molar-refractivity contribution in [2.45, 2.75) is 20.4 Å². The normalized spacial score (nSPS) is 14.8. The van der Waals surface area contributed by atoms with Gasteiger partial charge < -0.3 is 19.9 Å². The van der Waals surface area contributed by atoms with E-state index >= 15 is 0 Å². The van der Waals surface area contributed by atoms with Gasteiger partial charge >= 0.3 is 0 Å². The van der Waals surface area contributed by atoms with E-state index in [2.05, 4.69) is 33.1 Å². The third-order valence-corrected chi connectivity index (χ3v) is 4.49. The van der Waals surface area contributed by atoms with Gasteiger partial charge in [-0.05, 0) is 25.1 Å². The second-order valence-corrected chi connectivity index (χ2v) is 6.54. The van der Waals surface area contributed by atoms with E-state index in [1.54, 1.807) is 14.0 Å². The summed E-state index contributed by atoms with van der Waals surface area (Å²) in [5.41, 5.74) is 1.03. The lowest BCUT2D eigenvalue weighted by atomic mass is 10.2. The highest BCUT2D eigenvalue weighted by Gasteiger charge is 2.20. The quantitative estimate of drug-likeness (QED) is 0.374. The lowest BCUT2D eigenvalue weighted by molar-refractivity contribution is -0.130. The van der Waals surface area contributed by atoms with Crippen molar-refractivity contribution in [3.63, 3.8) is 0 Å². The van der Waals surface area contributed by atoms with Crippen LogP contribution in [0.3, 0.4) is 0 Å². The summed E-state index contributed by atoms with van der Waals surface area (Å²) in [5.74, 6) is 1.84. The number of hydrogen-bond donors (Lipinski definition) is 1. The second-order valence-electron chi connectivity index (χ2n) is 5.62. The number of nitrogens with zero attached hydrogens (tertiary/aromatic N) is 3. The summed E-state index contributed by atoms with van der Waals surface area (Å²) in [4.78, 5) is 20.3. The molecule has 1 saturated heterocycles. The highest BCUT2D eigenvalue weighted by Crippen LogP contribution is 2.23. The van der Waals surface area contributed by atoms with Crippen LogP contribution in [-0.2, 0) is 11.3 Å². The Morgan fingerprint density at radius 2 is 1.92 bits per heavy atom. The topological polar surface area (TPSA) is 57.2 Å². The molecule has 0 spiro atoms. The molecule has 1 aromatic carbocycles. The van der Waals surface area contributed by atoms with Crippen LogP contribution in [0.2, 0.25) is 0 Å². The SMILES string of the molecule is CCNC(=NCc1cc(Br)ccc1OC)N1CCN(C(C)=O)CC1.I. The molecule has 25 heavy (non-hydrogen) atoms. The van der Waals surface area contributed by atoms with Gasteiger partial charge in [0.2, 0.25) is 5.91 Å². The van der Waals surface area contributed by atoms with Gasteiger partial charge in [-0.3, -0.25) is 4.79 Å². The van der Waals surface area contributed by atoms with Crippen LogP contribution >= 0.6 is 39.9 Å². The number of amides is 1. The minimum Gasteiger partial charge on any atom is -0.496 e. The van der Waals surface area contributed by atoms with Gasteiger partial charge in [-0.1, -0.05) is 15.9 Å². The molecule has 1 heterocycles. The number of aliphatic imine (C=N–C) groups is 1. The van der Waals surface area contributed by atoms with Crippen LogP contribution in [0.5, 0.6) is 5.75 Å². The van der Waals surface area contributed by atoms with E-state index in [4.69, 9.17) is 9.73 Å². The summed E-state index contributed by atoms with van der Waals surface area (Å²) in [6, 6.07) is 5.92. The van der Waals surface area contributed by atoms with Gasteiger partial charge in [0.25, 0.3) is 0 Å². The molecule has 1 aromatic rings. The van der Waals surface area contributed by atoms with Crippen molar-refractivity contribution in [1.82, 2.24) is 15.1 Å². The van der Waals surface area contributed by atoms with E-state index in [0.29, 0.717) is 6.54 Å². The molecule has 1 amide bonds. The molecule has 0 saturated carbocycles. The Kier molecular flexibility index (Phi) is 9.55. The zero-order valence-corrected chi connectivity index (χ0v) is 18.8. The van der Waals surface area contributed by atoms with Crippen molar-refractivity contribution in [1.29, 1.82) is 0 Å². The molecule has 0 bridgehead atoms. The Bertz CT molecular complexity index is 604. The number of methoxy groups -OCH3 is 1. The molecule has 8 heteroatoms. The van der Waals surface area contributed by atoms with Gasteiger partial charge in [0.15, 0.2) is 5.96 Å². The van der Waals surface area contributed by atoms with Crippen molar-refractivity contribution >= 4 is 51.8 Å². The largest absolute Gasteiger partial charge is 0.496 e. The summed E-state index contributed by atoms with van der Waals surface area (Å²) in [5, 5.41) is 3.34. The molecule has 1 fully saturated rings. The van der Waals surface area contributed by atoms with E-state index in [1.165, 1.54) is 0 Å². The first-order valence-electron chi connectivity index (χ1n) is 8.16. The lowest BCUT2D eigenvalue weighted by Crippen LogP contribution is -2.53. The van der Waals surface area contributed by atoms with E-state index in [9.17, 15) is 4.79 Å². The van der Waals surface area contributed by atoms with Crippen LogP contribution in [0.15, 0.2) is 27.7 Å². The van der Waals surface area contributed by atoms with E-state index in [1.807, 2.05) is 23.1 Å². The molecule has 1 aliphatic heterocycles. The first-order valence-corrected chi connectivity index (χ1v) is 8.95. The molecule has 0 radical (unpaired) electrons. The van der Waals surface area contributed by atoms with Gasteiger partial charge in [-0.2, -0.15) is 0 Å². The standard InChI is InChI=1S/C17H25BrN4O2.HI/c1-4-19-17(22-9-7-21(8-10-22)13(2)23)20-12-14-11-15(18)5-6-16(14)24-3;/h5-6,11H,4,7-10,12H2,1-3H3,(H,19,20);1H. The third kappa shape index (κ3) is 6.32. The molecular formula is C17H26BrIN4O2. The highest BCUT2D eigenvalue weighted by molar-refractivity contribution is 14.0. The number of rotatable bonds is 4. The Hall–Kier alpha value is -1.03. The number of benzene rings is 1. The van der Waals surface area contributed by atoms with Gasteiger partial charge in [-0.25, -0.2) is 4.99 Å². The van der Waals surface area contributed by atoms with Crippen LogP contribution in [0.1, 0.15) is 19.4 Å². The molecule has 140 valence electrons. The summed E-state index contributed by atoms with van der Waals surface area (Å²) >= 11 is 3.49. The Balaban J connectivity index is 0.00000312. The molecule has 0 atom stereocenters. The Morgan fingerprint density at radius 1 is 1.28 bits per heavy atom. The summed E-state index contributed by atoms with van der Waals surface area (Å²) in [6.45, 7) is 8.08. The molecule has 0 unspecified atom stereocenters. The zero-order chi connectivity index (χ0) is 17.5. The average molecular weight is 525 g/mol. The third-order valence-electron chi connectivity index (χ3n) is 4.00. The van der Waals surface area contributed by atoms with Crippen LogP contribution < -0.4 is 10.1 Å². The van der Waals surface area contributed by atoms with E-state index in [0.717, 1.165) is 54.5 Å². The summed E-state index contributed by atoms with van der Waals surface area (Å²) in [6.07, 6.45) is 0. The number of halogens is 2. The van der Waals surface area contributed by atoms with Crippen molar-refractivity contribution in [3.8, 4) is 5.75 Å². The van der Waals surface area contributed by atoms with Gasteiger partial charge in [-0.15, -0.1) is 24.0 Å². The minimum atomic E-state index is 0. The molecule has 6 nitrogen and oxygen atoms in total. The number of carbonyl (C=O) groups is 1. The Labute approximate surface area is 175 Å². The van der Waals surface area contributed by atoms with E-state index < -0.39 is 0 Å². The van der Waals surface area contributed by atoms with Crippen LogP contribution in [0.4, 0.5) is 0 Å². The number of ether oxygens (including phenoxy) is 1. The fraction of sp³-hybridized carbons (Fsp3) is 0.529. The van der Waals surface area contributed by atoms with Crippen molar-refractivity contribution in [2.24, 2.45) is 4.99 Å². The van der Waals surface area contributed by atoms with Crippen LogP contribution in [0.25, 0.3) is 0 Å². The Morgan fingerprint density at radius 3 is 2.48 bits per heavy atom. The van der Waals surface area contributed by atoms with Gasteiger partial charge in [0.1, 0.15) is 5.75 Å². The molecule has 1 N–H and O–H groups in total. The number of carbonyl (C=O) groups excluding carboxylic acids is 1. The fourth-order valence-corrected chi connectivity index (χ4v) is 3.10. The maximum atomic E-state index is 11.5. The monoisotopic (exact) mass is 524 g/mol. The van der Waals surface area contributed by atoms with Crippen molar-refractivity contribution in [3.05, 3.63) is 28.2 Å². The molecule has 0 aliphatic carbocycles. The first-order chi connectivity index (χ1) is 11.5. The predicted octanol–water partition coefficient (Wildman–Crippen LogP) is 2.71. The number of nitrogens with one attached hydrogen (secondary N) is 1. The zero-order valence-electron chi connectivity index (χ0n) is 14.9. The number of guanidine groups is 1. The highest BCUT2D eigenvalue weighted by atomic mass is 127. The fourth-order valence-electron chi connectivity index (χ4n) is 2.69. The minimum absolute atomic E-state index is 0. The maximum Gasteiger partial charge on any atom is 0.219 e. The maximum absolute atomic E-state index is 11.5. The molecule has 2 rings (SSSR count). The lowest BCUT2D eigenvalue weighted by Gasteiger charge is -2.36. The summed E-state index contributed by atoms with van der Waals surface area (Å²) < 4.78 is 6.42. The first kappa shape index (κ1) is 22.0. The van der Waals surface area contributed by atoms with Gasteiger partial charge in [0.05, 0.1) is 13.7 Å². The van der Waals surface area contributed by atoms with E-state index in [-0.39, 0.29) is 29.9 Å². The number of piperazine rings is 1. The predicted molar refractivity (Wildman–Crippen MR) is 115 cm³/mol. The molecular weight excluding hydrogens is 499 g/mol. The van der Waals surface area contributed by atoms with Crippen molar-refractivity contribution < 1.29 is 9.53 Å². The van der Waals surface area contributed by atoms with Crippen molar-refractivity contribution in [2.75, 3.05) is 39.8 Å². The smallest absolute Gasteiger partial charge is 0.219 e. The molecule has 0 aromatic heterocycles. The van der Waals surface area contributed by atoms with Crippen LogP contribution in [0, 0.1) is 0 Å². The number of hydrogen-bond acceptors (Lipinski definition) is 3. The average Bonchev–Trinajstić information content (AvgIpc) is 2.59. The molecule has 1 aliphatic rings. The van der Waals surface area contributed by atoms with Crippen LogP contribution in [-0.4, -0.2) is 61.5 Å². The second kappa shape index (κ2) is 10.8. The summed E-state index contributed by atoms with van der Waals surface area (Å²) in [7, 11) is 1.67. The van der Waals surface area contributed by atoms with Gasteiger partial charge in [0, 0.05) is 49.7 Å².